The largest absolute Gasteiger partial charge is 0.241 e. The second-order valence-corrected chi connectivity index (χ2v) is 9.39. The molecule has 4 nitrogen and oxygen atoms in total. The number of rotatable bonds is 5. The van der Waals surface area contributed by atoms with Gasteiger partial charge in [-0.25, -0.2) is 18.1 Å². The van der Waals surface area contributed by atoms with Crippen LogP contribution in [-0.2, 0) is 16.6 Å². The predicted octanol–water partition coefficient (Wildman–Crippen LogP) is 4.67. The summed E-state index contributed by atoms with van der Waals surface area (Å²) in [7, 11) is -3.55. The summed E-state index contributed by atoms with van der Waals surface area (Å²) < 4.78 is 28.3. The summed E-state index contributed by atoms with van der Waals surface area (Å²) in [5.41, 5.74) is 3.08. The number of hydrogen-bond donors (Lipinski definition) is 1. The van der Waals surface area contributed by atoms with Gasteiger partial charge in [-0.1, -0.05) is 40.2 Å². The van der Waals surface area contributed by atoms with Gasteiger partial charge in [-0.2, -0.15) is 0 Å². The maximum atomic E-state index is 12.4. The fraction of sp³-hybridized carbons (Fsp3) is 0.167. The van der Waals surface area contributed by atoms with E-state index < -0.39 is 10.0 Å². The van der Waals surface area contributed by atoms with E-state index in [9.17, 15) is 8.42 Å². The van der Waals surface area contributed by atoms with E-state index in [1.807, 2.05) is 38.1 Å². The molecule has 0 aliphatic carbocycles. The SMILES string of the molecule is Cc1ccccc1-c1nc(C)c(CNS(=O)(=O)c2ccc(Br)cc2)s1. The van der Waals surface area contributed by atoms with E-state index in [4.69, 9.17) is 0 Å². The molecule has 1 heterocycles. The molecular weight excluding hydrogens is 420 g/mol. The smallest absolute Gasteiger partial charge is 0.240 e. The molecule has 1 aromatic heterocycles. The Morgan fingerprint density at radius 3 is 2.44 bits per heavy atom. The highest BCUT2D eigenvalue weighted by atomic mass is 79.9. The Hall–Kier alpha value is -1.54. The normalized spacial score (nSPS) is 11.6. The summed E-state index contributed by atoms with van der Waals surface area (Å²) in [4.78, 5) is 5.77. The number of thiazole rings is 1. The Morgan fingerprint density at radius 1 is 1.08 bits per heavy atom. The molecule has 2 aromatic carbocycles. The van der Waals surface area contributed by atoms with Crippen molar-refractivity contribution in [2.45, 2.75) is 25.3 Å². The Kier molecular flexibility index (Phi) is 5.38. The van der Waals surface area contributed by atoms with Gasteiger partial charge >= 0.3 is 0 Å². The Balaban J connectivity index is 1.80. The molecular formula is C18H17BrN2O2S2. The van der Waals surface area contributed by atoms with Crippen LogP contribution in [0.1, 0.15) is 16.1 Å². The van der Waals surface area contributed by atoms with Gasteiger partial charge in [-0.05, 0) is 43.7 Å². The van der Waals surface area contributed by atoms with E-state index in [1.165, 1.54) is 11.3 Å². The molecule has 0 spiro atoms. The second-order valence-electron chi connectivity index (χ2n) is 5.62. The van der Waals surface area contributed by atoms with Gasteiger partial charge in [0.2, 0.25) is 10.0 Å². The third-order valence-electron chi connectivity index (χ3n) is 3.81. The van der Waals surface area contributed by atoms with Crippen LogP contribution in [0.15, 0.2) is 57.9 Å². The minimum atomic E-state index is -3.55. The Morgan fingerprint density at radius 2 is 1.76 bits per heavy atom. The summed E-state index contributed by atoms with van der Waals surface area (Å²) in [6.45, 7) is 4.18. The van der Waals surface area contributed by atoms with Crippen LogP contribution in [0.2, 0.25) is 0 Å². The first-order valence-corrected chi connectivity index (χ1v) is 10.7. The zero-order chi connectivity index (χ0) is 18.0. The van der Waals surface area contributed by atoms with E-state index in [-0.39, 0.29) is 11.4 Å². The summed E-state index contributed by atoms with van der Waals surface area (Å²) >= 11 is 4.83. The van der Waals surface area contributed by atoms with Crippen LogP contribution in [-0.4, -0.2) is 13.4 Å². The molecule has 130 valence electrons. The lowest BCUT2D eigenvalue weighted by molar-refractivity contribution is 0.581. The average molecular weight is 437 g/mol. The molecule has 7 heteroatoms. The van der Waals surface area contributed by atoms with Gasteiger partial charge < -0.3 is 0 Å². The number of hydrogen-bond acceptors (Lipinski definition) is 4. The molecule has 0 bridgehead atoms. The van der Waals surface area contributed by atoms with Crippen molar-refractivity contribution in [1.29, 1.82) is 0 Å². The first-order chi connectivity index (χ1) is 11.9. The molecule has 0 radical (unpaired) electrons. The minimum absolute atomic E-state index is 0.230. The molecule has 1 N–H and O–H groups in total. The minimum Gasteiger partial charge on any atom is -0.241 e. The quantitative estimate of drug-likeness (QED) is 0.631. The first kappa shape index (κ1) is 18.3. The fourth-order valence-corrected chi connectivity index (χ4v) is 4.82. The van der Waals surface area contributed by atoms with Crippen LogP contribution >= 0.6 is 27.3 Å². The highest BCUT2D eigenvalue weighted by Gasteiger charge is 2.16. The van der Waals surface area contributed by atoms with E-state index in [1.54, 1.807) is 24.3 Å². The molecule has 0 aliphatic rings. The van der Waals surface area contributed by atoms with E-state index in [0.29, 0.717) is 0 Å². The fourth-order valence-electron chi connectivity index (χ4n) is 2.38. The van der Waals surface area contributed by atoms with Crippen molar-refractivity contribution in [2.24, 2.45) is 0 Å². The van der Waals surface area contributed by atoms with Gasteiger partial charge in [0.05, 0.1) is 10.6 Å². The average Bonchev–Trinajstić information content (AvgIpc) is 2.95. The van der Waals surface area contributed by atoms with Crippen molar-refractivity contribution in [2.75, 3.05) is 0 Å². The Bertz CT molecular complexity index is 996. The van der Waals surface area contributed by atoms with Crippen molar-refractivity contribution in [1.82, 2.24) is 9.71 Å². The van der Waals surface area contributed by atoms with Gasteiger partial charge in [0.1, 0.15) is 5.01 Å². The highest BCUT2D eigenvalue weighted by molar-refractivity contribution is 9.10. The summed E-state index contributed by atoms with van der Waals surface area (Å²) in [6.07, 6.45) is 0. The van der Waals surface area contributed by atoms with Crippen LogP contribution in [0, 0.1) is 13.8 Å². The summed E-state index contributed by atoms with van der Waals surface area (Å²) in [6, 6.07) is 14.6. The van der Waals surface area contributed by atoms with Crippen molar-refractivity contribution < 1.29 is 8.42 Å². The molecule has 0 saturated heterocycles. The third-order valence-corrected chi connectivity index (χ3v) is 6.95. The van der Waals surface area contributed by atoms with Gasteiger partial charge in [-0.3, -0.25) is 0 Å². The Labute approximate surface area is 160 Å². The molecule has 3 aromatic rings. The maximum absolute atomic E-state index is 12.4. The molecule has 25 heavy (non-hydrogen) atoms. The number of nitrogens with one attached hydrogen (secondary N) is 1. The number of aryl methyl sites for hydroxylation is 2. The van der Waals surface area contributed by atoms with Crippen LogP contribution in [0.3, 0.4) is 0 Å². The van der Waals surface area contributed by atoms with E-state index in [2.05, 4.69) is 25.6 Å². The number of benzene rings is 2. The van der Waals surface area contributed by atoms with Crippen LogP contribution in [0.5, 0.6) is 0 Å². The highest BCUT2D eigenvalue weighted by Crippen LogP contribution is 2.30. The van der Waals surface area contributed by atoms with Gasteiger partial charge in [-0.15, -0.1) is 11.3 Å². The standard InChI is InChI=1S/C18H17BrN2O2S2/c1-12-5-3-4-6-16(12)18-21-13(2)17(24-18)11-20-25(22,23)15-9-7-14(19)8-10-15/h3-10,20H,11H2,1-2H3. The lowest BCUT2D eigenvalue weighted by Gasteiger charge is -2.06. The number of halogens is 1. The van der Waals surface area contributed by atoms with Crippen molar-refractivity contribution in [3.05, 3.63) is 69.1 Å². The second kappa shape index (κ2) is 7.37. The van der Waals surface area contributed by atoms with Crippen LogP contribution < -0.4 is 4.72 Å². The van der Waals surface area contributed by atoms with Crippen molar-refractivity contribution >= 4 is 37.3 Å². The molecule has 3 rings (SSSR count). The lowest BCUT2D eigenvalue weighted by Crippen LogP contribution is -2.23. The maximum Gasteiger partial charge on any atom is 0.240 e. The molecule has 0 aliphatic heterocycles. The number of nitrogens with zero attached hydrogens (tertiary/aromatic N) is 1. The zero-order valence-electron chi connectivity index (χ0n) is 13.8. The van der Waals surface area contributed by atoms with Gasteiger partial charge in [0.25, 0.3) is 0 Å². The molecule has 0 amide bonds. The zero-order valence-corrected chi connectivity index (χ0v) is 17.0. The molecule has 0 unspecified atom stereocenters. The molecule has 0 saturated carbocycles. The number of sulfonamides is 1. The van der Waals surface area contributed by atoms with Crippen LogP contribution in [0.25, 0.3) is 10.6 Å². The van der Waals surface area contributed by atoms with Crippen molar-refractivity contribution in [3.8, 4) is 10.6 Å². The summed E-state index contributed by atoms with van der Waals surface area (Å²) in [5, 5.41) is 0.911. The molecule has 0 fully saturated rings. The topological polar surface area (TPSA) is 59.1 Å². The van der Waals surface area contributed by atoms with Crippen LogP contribution in [0.4, 0.5) is 0 Å². The lowest BCUT2D eigenvalue weighted by atomic mass is 10.1. The summed E-state index contributed by atoms with van der Waals surface area (Å²) in [5.74, 6) is 0. The predicted molar refractivity (Wildman–Crippen MR) is 105 cm³/mol. The monoisotopic (exact) mass is 436 g/mol. The third kappa shape index (κ3) is 4.17. The van der Waals surface area contributed by atoms with E-state index >= 15 is 0 Å². The van der Waals surface area contributed by atoms with Crippen molar-refractivity contribution in [3.63, 3.8) is 0 Å². The molecule has 0 atom stereocenters. The van der Waals surface area contributed by atoms with Gasteiger partial charge in [0, 0.05) is 21.5 Å². The number of aromatic nitrogens is 1. The first-order valence-electron chi connectivity index (χ1n) is 7.64. The van der Waals surface area contributed by atoms with Gasteiger partial charge in [0.15, 0.2) is 0 Å². The van der Waals surface area contributed by atoms with E-state index in [0.717, 1.165) is 31.2 Å².